The SMILES string of the molecule is CC(C)(COP(=O)(O)OP(=O)(O)OCC1OC(n2cnc3c(N)ncnc32)C(O)C1OP(=O)(O)O)C(O)C(=O)NCCC(=O)NCCSC(=O)C(N)CCCN=C(N)N[N+](=O)[O-]. The number of rotatable bonds is 25. The fraction of sp³-hybridized carbons (Fsp3) is 0.667. The molecule has 15 N–H and O–H groups in total. The molecule has 1 aliphatic rings. The zero-order valence-corrected chi connectivity index (χ0v) is 36.1. The number of carbonyl (C=O) groups excluding carboxylic acids is 3. The number of fused-ring (bicyclic) bond motifs is 1. The smallest absolute Gasteiger partial charge is 0.386 e. The zero-order valence-electron chi connectivity index (χ0n) is 32.6. The predicted molar refractivity (Wildman–Crippen MR) is 211 cm³/mol. The highest BCUT2D eigenvalue weighted by molar-refractivity contribution is 8.13. The van der Waals surface area contributed by atoms with Gasteiger partial charge in [-0.3, -0.25) is 32.5 Å². The second-order valence-corrected chi connectivity index (χ2v) is 19.0. The zero-order chi connectivity index (χ0) is 46.6. The third kappa shape index (κ3) is 16.7. The van der Waals surface area contributed by atoms with Gasteiger partial charge in [-0.1, -0.05) is 31.0 Å². The molecule has 1 fully saturated rings. The van der Waals surface area contributed by atoms with Crippen molar-refractivity contribution in [1.82, 2.24) is 35.6 Å². The Kier molecular flexibility index (Phi) is 19.2. The maximum atomic E-state index is 12.7. The average molecular weight is 969 g/mol. The lowest BCUT2D eigenvalue weighted by molar-refractivity contribution is -0.525. The molecule has 1 saturated heterocycles. The number of nitro groups is 1. The molecule has 350 valence electrons. The third-order valence-corrected chi connectivity index (χ3v) is 12.3. The van der Waals surface area contributed by atoms with Crippen molar-refractivity contribution in [3.63, 3.8) is 0 Å². The molecule has 8 atom stereocenters. The Bertz CT molecular complexity index is 2080. The molecular formula is C27H47N12O19P3S. The number of hydrogen-bond acceptors (Lipinski definition) is 22. The van der Waals surface area contributed by atoms with E-state index in [1.807, 2.05) is 0 Å². The van der Waals surface area contributed by atoms with E-state index in [0.29, 0.717) is 6.42 Å². The summed E-state index contributed by atoms with van der Waals surface area (Å²) < 4.78 is 62.1. The van der Waals surface area contributed by atoms with Crippen LogP contribution in [0.1, 0.15) is 39.3 Å². The first-order chi connectivity index (χ1) is 28.7. The molecular weight excluding hydrogens is 921 g/mol. The summed E-state index contributed by atoms with van der Waals surface area (Å²) in [5.74, 6) is -1.84. The highest BCUT2D eigenvalue weighted by Crippen LogP contribution is 2.61. The minimum atomic E-state index is -5.60. The van der Waals surface area contributed by atoms with Crippen LogP contribution < -0.4 is 33.3 Å². The molecule has 0 bridgehead atoms. The summed E-state index contributed by atoms with van der Waals surface area (Å²) in [7, 11) is -16.5. The highest BCUT2D eigenvalue weighted by Gasteiger charge is 2.50. The number of aliphatic hydroxyl groups excluding tert-OH is 2. The lowest BCUT2D eigenvalue weighted by Crippen LogP contribution is -2.46. The van der Waals surface area contributed by atoms with Crippen molar-refractivity contribution in [1.29, 1.82) is 0 Å². The molecule has 0 spiro atoms. The Morgan fingerprint density at radius 3 is 2.45 bits per heavy atom. The van der Waals surface area contributed by atoms with E-state index in [0.717, 1.165) is 29.0 Å². The fourth-order valence-corrected chi connectivity index (χ4v) is 8.71. The van der Waals surface area contributed by atoms with Crippen molar-refractivity contribution in [2.45, 2.75) is 69.8 Å². The maximum absolute atomic E-state index is 12.7. The summed E-state index contributed by atoms with van der Waals surface area (Å²) in [6.45, 7) is 0.243. The van der Waals surface area contributed by atoms with Crippen LogP contribution in [0.3, 0.4) is 0 Å². The number of anilines is 1. The number of amides is 2. The molecule has 8 unspecified atom stereocenters. The molecule has 2 amide bonds. The number of carbonyl (C=O) groups is 3. The number of nitrogens with one attached hydrogen (secondary N) is 3. The molecule has 2 aromatic heterocycles. The molecule has 2 aromatic rings. The van der Waals surface area contributed by atoms with Crippen LogP contribution in [0.4, 0.5) is 5.82 Å². The lowest BCUT2D eigenvalue weighted by atomic mass is 9.87. The molecule has 3 heterocycles. The van der Waals surface area contributed by atoms with E-state index < -0.39 is 102 Å². The van der Waals surface area contributed by atoms with Gasteiger partial charge in [-0.05, 0) is 12.8 Å². The molecule has 1 aliphatic heterocycles. The van der Waals surface area contributed by atoms with Crippen LogP contribution in [0.5, 0.6) is 0 Å². The number of thioether (sulfide) groups is 1. The van der Waals surface area contributed by atoms with Crippen LogP contribution in [0.15, 0.2) is 17.6 Å². The molecule has 3 rings (SSSR count). The van der Waals surface area contributed by atoms with Crippen molar-refractivity contribution >= 4 is 75.1 Å². The maximum Gasteiger partial charge on any atom is 0.481 e. The molecule has 0 radical (unpaired) electrons. The van der Waals surface area contributed by atoms with Crippen molar-refractivity contribution < 1.29 is 85.5 Å². The average Bonchev–Trinajstić information content (AvgIpc) is 3.72. The highest BCUT2D eigenvalue weighted by atomic mass is 32.2. The quantitative estimate of drug-likeness (QED) is 0.0117. The molecule has 31 nitrogen and oxygen atoms in total. The van der Waals surface area contributed by atoms with Gasteiger partial charge < -0.3 is 62.4 Å². The molecule has 0 aromatic carbocycles. The van der Waals surface area contributed by atoms with Gasteiger partial charge in [0, 0.05) is 37.2 Å². The fourth-order valence-electron chi connectivity index (χ4n) is 5.15. The summed E-state index contributed by atoms with van der Waals surface area (Å²) in [6.07, 6.45) is -6.61. The van der Waals surface area contributed by atoms with E-state index in [1.165, 1.54) is 13.8 Å². The minimum absolute atomic E-state index is 0.0143. The molecule has 62 heavy (non-hydrogen) atoms. The van der Waals surface area contributed by atoms with E-state index in [4.69, 9.17) is 31.0 Å². The van der Waals surface area contributed by atoms with Crippen molar-refractivity contribution in [3.8, 4) is 0 Å². The topological polar surface area (TPSA) is 483 Å². The Hall–Kier alpha value is -3.81. The molecule has 0 aliphatic carbocycles. The first-order valence-corrected chi connectivity index (χ1v) is 23.2. The van der Waals surface area contributed by atoms with Crippen LogP contribution >= 0.6 is 35.2 Å². The number of aliphatic hydroxyl groups is 2. The van der Waals surface area contributed by atoms with E-state index in [1.54, 1.807) is 5.43 Å². The summed E-state index contributed by atoms with van der Waals surface area (Å²) in [5, 5.41) is 35.3. The number of nitrogens with zero attached hydrogens (tertiary/aromatic N) is 6. The van der Waals surface area contributed by atoms with Gasteiger partial charge in [-0.25, -0.2) is 43.8 Å². The Labute approximate surface area is 354 Å². The normalized spacial score (nSPS) is 21.4. The first-order valence-electron chi connectivity index (χ1n) is 17.7. The summed E-state index contributed by atoms with van der Waals surface area (Å²) in [4.78, 5) is 102. The Morgan fingerprint density at radius 2 is 1.79 bits per heavy atom. The molecule has 0 saturated carbocycles. The van der Waals surface area contributed by atoms with E-state index in [9.17, 15) is 68.0 Å². The number of hydrazine groups is 1. The largest absolute Gasteiger partial charge is 0.481 e. The Morgan fingerprint density at radius 1 is 1.11 bits per heavy atom. The number of ether oxygens (including phenoxy) is 1. The number of hydrogen-bond donors (Lipinski definition) is 12. The van der Waals surface area contributed by atoms with Gasteiger partial charge in [-0.2, -0.15) is 4.31 Å². The van der Waals surface area contributed by atoms with Gasteiger partial charge in [0.15, 0.2) is 22.7 Å². The summed E-state index contributed by atoms with van der Waals surface area (Å²) in [6, 6.07) is -0.854. The van der Waals surface area contributed by atoms with Gasteiger partial charge in [0.1, 0.15) is 36.3 Å². The number of phosphoric ester groups is 3. The van der Waals surface area contributed by atoms with Gasteiger partial charge >= 0.3 is 23.5 Å². The lowest BCUT2D eigenvalue weighted by Gasteiger charge is -2.30. The van der Waals surface area contributed by atoms with E-state index in [2.05, 4.69) is 39.4 Å². The standard InChI is InChI=1S/C27H47N12O19P3S/c1-27(2,20(42)23(43)32-7-5-16(40)31-8-9-62-25(44)14(28)4-3-6-33-26(30)37-39(45)46)11-55-61(52,53)58-60(50,51)54-10-15-19(57-59(47,48)49)18(41)24(56-15)38-13-36-17-21(29)34-12-35-22(17)38/h12-15,18-20,24,41-42H,3-11,28H2,1-2H3,(H,31,40)(H,32,43)(H,50,51)(H,52,53)(H2,29,34,35)(H3,30,33,37)(H2,47,48,49). The van der Waals surface area contributed by atoms with Gasteiger partial charge in [-0.15, -0.1) is 0 Å². The minimum Gasteiger partial charge on any atom is -0.386 e. The number of nitrogens with two attached hydrogens (primary N) is 3. The second kappa shape index (κ2) is 22.7. The van der Waals surface area contributed by atoms with E-state index >= 15 is 0 Å². The van der Waals surface area contributed by atoms with Crippen molar-refractivity contribution in [2.24, 2.45) is 21.9 Å². The second-order valence-electron chi connectivity index (χ2n) is 13.6. The van der Waals surface area contributed by atoms with Gasteiger partial charge in [0.2, 0.25) is 16.9 Å². The third-order valence-electron chi connectivity index (χ3n) is 8.21. The van der Waals surface area contributed by atoms with Crippen molar-refractivity contribution in [2.75, 3.05) is 44.3 Å². The van der Waals surface area contributed by atoms with E-state index in [-0.39, 0.29) is 60.3 Å². The van der Waals surface area contributed by atoms with Gasteiger partial charge in [0.05, 0.1) is 25.6 Å². The number of imidazole rings is 1. The van der Waals surface area contributed by atoms with Crippen LogP contribution in [0, 0.1) is 15.5 Å². The number of nitrogen functional groups attached to an aromatic ring is 1. The number of phosphoric acid groups is 3. The van der Waals surface area contributed by atoms with Crippen LogP contribution in [0.2, 0.25) is 0 Å². The number of aromatic nitrogens is 4. The summed E-state index contributed by atoms with van der Waals surface area (Å²) >= 11 is 0.864. The van der Waals surface area contributed by atoms with Crippen LogP contribution in [-0.2, 0) is 50.7 Å². The number of aliphatic imine (C=N–C) groups is 1. The monoisotopic (exact) mass is 968 g/mol. The van der Waals surface area contributed by atoms with Gasteiger partial charge in [0.25, 0.3) is 5.96 Å². The van der Waals surface area contributed by atoms with Crippen molar-refractivity contribution in [3.05, 3.63) is 22.8 Å². The Balaban J connectivity index is 1.41. The first kappa shape index (κ1) is 52.5. The molecule has 35 heteroatoms. The number of guanidine groups is 1. The summed E-state index contributed by atoms with van der Waals surface area (Å²) in [5.41, 5.74) is 17.0. The van der Waals surface area contributed by atoms with Crippen LogP contribution in [-0.4, -0.2) is 146 Å². The predicted octanol–water partition coefficient (Wildman–Crippen LogP) is -3.13. The van der Waals surface area contributed by atoms with Crippen LogP contribution in [0.25, 0.3) is 11.2 Å².